The summed E-state index contributed by atoms with van der Waals surface area (Å²) >= 11 is 0. The second-order valence-electron chi connectivity index (χ2n) is 4.19. The number of anilines is 1. The van der Waals surface area contributed by atoms with Crippen molar-refractivity contribution in [1.29, 1.82) is 0 Å². The average molecular weight is 213 g/mol. The number of nitrogens with zero attached hydrogens (tertiary/aromatic N) is 1. The van der Waals surface area contributed by atoms with Crippen LogP contribution in [0, 0.1) is 5.92 Å². The zero-order chi connectivity index (χ0) is 11.1. The Morgan fingerprint density at radius 2 is 1.75 bits per heavy atom. The molecule has 1 aliphatic heterocycles. The van der Waals surface area contributed by atoms with Gasteiger partial charge in [-0.15, -0.1) is 0 Å². The summed E-state index contributed by atoms with van der Waals surface area (Å²) in [6, 6.07) is 9.07. The van der Waals surface area contributed by atoms with E-state index < -0.39 is 0 Å². The smallest absolute Gasteiger partial charge is 0.261 e. The summed E-state index contributed by atoms with van der Waals surface area (Å²) in [6.45, 7) is 0. The molecule has 80 valence electrons. The molecule has 0 aromatic heterocycles. The first-order valence-electron chi connectivity index (χ1n) is 5.42. The molecule has 0 bridgehead atoms. The topological polar surface area (TPSA) is 37.4 Å². The lowest BCUT2D eigenvalue weighted by atomic mass is 10.2. The molecule has 0 saturated heterocycles. The summed E-state index contributed by atoms with van der Waals surface area (Å²) in [7, 11) is 0. The van der Waals surface area contributed by atoms with Crippen molar-refractivity contribution in [2.75, 3.05) is 4.90 Å². The van der Waals surface area contributed by atoms with Gasteiger partial charge in [0.25, 0.3) is 11.8 Å². The van der Waals surface area contributed by atoms with Crippen LogP contribution in [-0.4, -0.2) is 11.8 Å². The summed E-state index contributed by atoms with van der Waals surface area (Å²) in [5.41, 5.74) is 1.35. The monoisotopic (exact) mass is 213 g/mol. The number of benzene rings is 1. The molecule has 1 fully saturated rings. The van der Waals surface area contributed by atoms with Gasteiger partial charge >= 0.3 is 0 Å². The van der Waals surface area contributed by atoms with Crippen LogP contribution in [0.5, 0.6) is 0 Å². The van der Waals surface area contributed by atoms with Crippen molar-refractivity contribution in [2.24, 2.45) is 5.92 Å². The summed E-state index contributed by atoms with van der Waals surface area (Å²) in [5.74, 6) is -0.0260. The molecule has 16 heavy (non-hydrogen) atoms. The summed E-state index contributed by atoms with van der Waals surface area (Å²) in [5, 5.41) is 0. The van der Waals surface area contributed by atoms with Gasteiger partial charge in [0.2, 0.25) is 0 Å². The van der Waals surface area contributed by atoms with Crippen LogP contribution < -0.4 is 4.90 Å². The van der Waals surface area contributed by atoms with E-state index in [1.165, 1.54) is 11.0 Å². The molecule has 0 unspecified atom stereocenters. The van der Waals surface area contributed by atoms with E-state index in [0.29, 0.717) is 17.2 Å². The van der Waals surface area contributed by atoms with Crippen LogP contribution >= 0.6 is 0 Å². The first-order valence-corrected chi connectivity index (χ1v) is 5.42. The zero-order valence-corrected chi connectivity index (χ0v) is 8.72. The minimum atomic E-state index is -0.210. The molecule has 1 aliphatic carbocycles. The fourth-order valence-corrected chi connectivity index (χ4v) is 2.00. The highest BCUT2D eigenvalue weighted by atomic mass is 16.2. The molecule has 3 heteroatoms. The van der Waals surface area contributed by atoms with Crippen molar-refractivity contribution in [1.82, 2.24) is 0 Å². The van der Waals surface area contributed by atoms with Crippen molar-refractivity contribution < 1.29 is 9.59 Å². The van der Waals surface area contributed by atoms with E-state index in [9.17, 15) is 9.59 Å². The highest BCUT2D eigenvalue weighted by molar-refractivity contribution is 6.30. The Balaban J connectivity index is 1.94. The van der Waals surface area contributed by atoms with Crippen molar-refractivity contribution in [2.45, 2.75) is 12.8 Å². The molecular formula is C13H11NO2. The van der Waals surface area contributed by atoms with Gasteiger partial charge in [-0.2, -0.15) is 0 Å². The number of carbonyl (C=O) groups excluding carboxylic acids is 2. The van der Waals surface area contributed by atoms with Crippen molar-refractivity contribution >= 4 is 17.5 Å². The third-order valence-corrected chi connectivity index (χ3v) is 2.98. The van der Waals surface area contributed by atoms with Crippen molar-refractivity contribution in [3.05, 3.63) is 42.0 Å². The van der Waals surface area contributed by atoms with Crippen LogP contribution in [0.2, 0.25) is 0 Å². The first-order chi connectivity index (χ1) is 7.77. The first kappa shape index (κ1) is 9.33. The molecule has 3 rings (SSSR count). The summed E-state index contributed by atoms with van der Waals surface area (Å²) < 4.78 is 0. The van der Waals surface area contributed by atoms with E-state index in [1.54, 1.807) is 12.1 Å². The van der Waals surface area contributed by atoms with E-state index in [2.05, 4.69) is 0 Å². The van der Waals surface area contributed by atoms with Crippen LogP contribution in [0.3, 0.4) is 0 Å². The Bertz CT molecular complexity index is 486. The predicted octanol–water partition coefficient (Wildman–Crippen LogP) is 1.90. The van der Waals surface area contributed by atoms with Gasteiger partial charge in [-0.25, -0.2) is 4.90 Å². The zero-order valence-electron chi connectivity index (χ0n) is 8.72. The lowest BCUT2D eigenvalue weighted by Gasteiger charge is -2.14. The standard InChI is InChI=1S/C13H11NO2/c15-12-8-11(9-6-7-9)13(16)14(12)10-4-2-1-3-5-10/h1-5,8-9H,6-7H2. The van der Waals surface area contributed by atoms with Gasteiger partial charge in [0.1, 0.15) is 0 Å². The number of imide groups is 1. The molecule has 1 heterocycles. The molecule has 0 spiro atoms. The van der Waals surface area contributed by atoms with Crippen LogP contribution in [0.4, 0.5) is 5.69 Å². The third kappa shape index (κ3) is 1.36. The van der Waals surface area contributed by atoms with Crippen LogP contribution in [0.15, 0.2) is 42.0 Å². The minimum Gasteiger partial charge on any atom is -0.269 e. The SMILES string of the molecule is O=C1C=C(C2CC2)C(=O)N1c1ccccc1. The molecule has 3 nitrogen and oxygen atoms in total. The van der Waals surface area contributed by atoms with Crippen LogP contribution in [-0.2, 0) is 9.59 Å². The number of hydrogen-bond donors (Lipinski definition) is 0. The van der Waals surface area contributed by atoms with E-state index in [-0.39, 0.29) is 11.8 Å². The maximum atomic E-state index is 12.0. The molecule has 2 amide bonds. The van der Waals surface area contributed by atoms with Crippen molar-refractivity contribution in [3.63, 3.8) is 0 Å². The van der Waals surface area contributed by atoms with Gasteiger partial charge in [-0.1, -0.05) is 18.2 Å². The largest absolute Gasteiger partial charge is 0.269 e. The number of para-hydroxylation sites is 1. The van der Waals surface area contributed by atoms with E-state index in [0.717, 1.165) is 12.8 Å². The molecular weight excluding hydrogens is 202 g/mol. The van der Waals surface area contributed by atoms with Gasteiger partial charge in [-0.3, -0.25) is 9.59 Å². The number of amides is 2. The van der Waals surface area contributed by atoms with Gasteiger partial charge in [-0.05, 0) is 30.9 Å². The van der Waals surface area contributed by atoms with Gasteiger partial charge in [0, 0.05) is 11.6 Å². The van der Waals surface area contributed by atoms with E-state index in [1.807, 2.05) is 18.2 Å². The second kappa shape index (κ2) is 3.30. The second-order valence-corrected chi connectivity index (χ2v) is 4.19. The van der Waals surface area contributed by atoms with Crippen LogP contribution in [0.25, 0.3) is 0 Å². The van der Waals surface area contributed by atoms with E-state index >= 15 is 0 Å². The number of rotatable bonds is 2. The highest BCUT2D eigenvalue weighted by Gasteiger charge is 2.40. The summed E-state index contributed by atoms with van der Waals surface area (Å²) in [4.78, 5) is 25.0. The molecule has 0 radical (unpaired) electrons. The lowest BCUT2D eigenvalue weighted by molar-refractivity contribution is -0.120. The fraction of sp³-hybridized carbons (Fsp3) is 0.231. The Labute approximate surface area is 93.4 Å². The fourth-order valence-electron chi connectivity index (χ4n) is 2.00. The highest BCUT2D eigenvalue weighted by Crippen LogP contribution is 2.40. The maximum Gasteiger partial charge on any atom is 0.261 e. The predicted molar refractivity (Wildman–Crippen MR) is 59.7 cm³/mol. The Hall–Kier alpha value is -1.90. The maximum absolute atomic E-state index is 12.0. The molecule has 0 atom stereocenters. The normalized spacial score (nSPS) is 20.2. The van der Waals surface area contributed by atoms with Crippen molar-refractivity contribution in [3.8, 4) is 0 Å². The quantitative estimate of drug-likeness (QED) is 0.703. The Morgan fingerprint density at radius 1 is 1.06 bits per heavy atom. The van der Waals surface area contributed by atoms with Gasteiger partial charge in [0.05, 0.1) is 5.69 Å². The lowest BCUT2D eigenvalue weighted by Crippen LogP contribution is -2.30. The minimum absolute atomic E-state index is 0.140. The Kier molecular flexibility index (Phi) is 1.93. The third-order valence-electron chi connectivity index (χ3n) is 2.98. The van der Waals surface area contributed by atoms with E-state index in [4.69, 9.17) is 0 Å². The van der Waals surface area contributed by atoms with Gasteiger partial charge < -0.3 is 0 Å². The molecule has 2 aliphatic rings. The average Bonchev–Trinajstić information content (AvgIpc) is 3.07. The Morgan fingerprint density at radius 3 is 2.38 bits per heavy atom. The number of hydrogen-bond acceptors (Lipinski definition) is 2. The van der Waals surface area contributed by atoms with Crippen LogP contribution in [0.1, 0.15) is 12.8 Å². The molecule has 0 N–H and O–H groups in total. The van der Waals surface area contributed by atoms with Gasteiger partial charge in [0.15, 0.2) is 0 Å². The summed E-state index contributed by atoms with van der Waals surface area (Å²) in [6.07, 6.45) is 3.56. The molecule has 1 saturated carbocycles. The number of carbonyl (C=O) groups is 2. The molecule has 1 aromatic rings. The molecule has 1 aromatic carbocycles.